The maximum atomic E-state index is 12.8. The third kappa shape index (κ3) is 3.45. The standard InChI is InChI=1S/C22H24N8O3/c1-23-20(31)17-16(9-15(27-28-17)13-10-22(13)7-8-24-21(22)32)26-14-6-4-5-12(18(14)33-3)19-25-11-30(2)29-19/h4-6,9,11,13H,7-8,10H2,1-3H3,(H,23,31)(H,24,32)(H,26,27)/i1D3. The SMILES string of the molecule is [2H]C([2H])([2H])NC(=O)c1nnc(C2CC23CCNC3=O)cc1Nc1cccc(-c2ncn(C)n2)c1OC. The second-order valence-electron chi connectivity index (χ2n) is 8.16. The van der Waals surface area contributed by atoms with Gasteiger partial charge in [0.2, 0.25) is 5.91 Å². The van der Waals surface area contributed by atoms with Crippen molar-refractivity contribution in [2.75, 3.05) is 25.9 Å². The van der Waals surface area contributed by atoms with Crippen LogP contribution in [-0.2, 0) is 11.8 Å². The molecule has 3 heterocycles. The summed E-state index contributed by atoms with van der Waals surface area (Å²) in [5.41, 5.74) is 1.16. The van der Waals surface area contributed by atoms with E-state index < -0.39 is 18.3 Å². The van der Waals surface area contributed by atoms with Crippen LogP contribution in [0.1, 0.15) is 39.1 Å². The van der Waals surface area contributed by atoms with Crippen molar-refractivity contribution in [2.24, 2.45) is 12.5 Å². The number of amides is 2. The molecule has 2 fully saturated rings. The first-order chi connectivity index (χ1) is 17.1. The van der Waals surface area contributed by atoms with Gasteiger partial charge in [0.1, 0.15) is 6.33 Å². The molecule has 1 aliphatic heterocycles. The van der Waals surface area contributed by atoms with E-state index in [0.29, 0.717) is 47.9 Å². The Hall–Kier alpha value is -4.02. The topological polar surface area (TPSA) is 136 Å². The molecule has 2 aliphatic rings. The maximum Gasteiger partial charge on any atom is 0.273 e. The number of aryl methyl sites for hydroxylation is 1. The van der Waals surface area contributed by atoms with Gasteiger partial charge in [0.05, 0.1) is 35.2 Å². The molecule has 1 saturated carbocycles. The van der Waals surface area contributed by atoms with Crippen LogP contribution in [-0.4, -0.2) is 57.4 Å². The second kappa shape index (κ2) is 7.84. The Balaban J connectivity index is 1.54. The molecule has 3 N–H and O–H groups in total. The monoisotopic (exact) mass is 451 g/mol. The van der Waals surface area contributed by atoms with Crippen molar-refractivity contribution in [1.29, 1.82) is 0 Å². The van der Waals surface area contributed by atoms with E-state index in [1.165, 1.54) is 7.11 Å². The van der Waals surface area contributed by atoms with E-state index in [-0.39, 0.29) is 23.2 Å². The summed E-state index contributed by atoms with van der Waals surface area (Å²) in [5, 5.41) is 20.5. The lowest BCUT2D eigenvalue weighted by Gasteiger charge is -2.16. The van der Waals surface area contributed by atoms with E-state index in [0.717, 1.165) is 0 Å². The lowest BCUT2D eigenvalue weighted by Crippen LogP contribution is -2.23. The molecule has 33 heavy (non-hydrogen) atoms. The molecule has 2 atom stereocenters. The summed E-state index contributed by atoms with van der Waals surface area (Å²) in [7, 11) is 3.25. The Kier molecular flexibility index (Phi) is 4.16. The van der Waals surface area contributed by atoms with Crippen molar-refractivity contribution in [3.63, 3.8) is 0 Å². The van der Waals surface area contributed by atoms with Crippen molar-refractivity contribution in [2.45, 2.75) is 18.8 Å². The van der Waals surface area contributed by atoms with Crippen LogP contribution >= 0.6 is 0 Å². The summed E-state index contributed by atoms with van der Waals surface area (Å²) in [6.45, 7) is -2.10. The highest BCUT2D eigenvalue weighted by molar-refractivity contribution is 5.98. The number of aromatic nitrogens is 5. The fourth-order valence-corrected chi connectivity index (χ4v) is 4.45. The summed E-state index contributed by atoms with van der Waals surface area (Å²) in [4.78, 5) is 29.4. The number of hydrogen-bond donors (Lipinski definition) is 3. The van der Waals surface area contributed by atoms with Gasteiger partial charge in [-0.15, -0.1) is 5.10 Å². The number of carbonyl (C=O) groups excluding carboxylic acids is 2. The third-order valence-electron chi connectivity index (χ3n) is 6.21. The van der Waals surface area contributed by atoms with Crippen LogP contribution in [0.2, 0.25) is 0 Å². The number of rotatable bonds is 6. The molecule has 5 rings (SSSR count). The minimum Gasteiger partial charge on any atom is -0.494 e. The van der Waals surface area contributed by atoms with Crippen molar-refractivity contribution >= 4 is 23.2 Å². The Bertz CT molecular complexity index is 1360. The van der Waals surface area contributed by atoms with Gasteiger partial charge in [-0.3, -0.25) is 14.3 Å². The van der Waals surface area contributed by atoms with Gasteiger partial charge in [0, 0.05) is 30.6 Å². The average molecular weight is 452 g/mol. The molecule has 11 heteroatoms. The number of carbonyl (C=O) groups is 2. The summed E-state index contributed by atoms with van der Waals surface area (Å²) in [6, 6.07) is 6.94. The van der Waals surface area contributed by atoms with Crippen LogP contribution < -0.4 is 20.7 Å². The highest BCUT2D eigenvalue weighted by Crippen LogP contribution is 2.62. The Morgan fingerprint density at radius 1 is 1.36 bits per heavy atom. The first-order valence-corrected chi connectivity index (χ1v) is 10.4. The smallest absolute Gasteiger partial charge is 0.273 e. The molecule has 11 nitrogen and oxygen atoms in total. The zero-order valence-electron chi connectivity index (χ0n) is 21.0. The molecule has 2 aromatic heterocycles. The molecule has 3 aromatic rings. The quantitative estimate of drug-likeness (QED) is 0.511. The van der Waals surface area contributed by atoms with Gasteiger partial charge in [-0.1, -0.05) is 6.07 Å². The summed E-state index contributed by atoms with van der Waals surface area (Å²) >= 11 is 0. The van der Waals surface area contributed by atoms with E-state index in [1.54, 1.807) is 42.3 Å². The molecule has 2 unspecified atom stereocenters. The Labute approximate surface area is 194 Å². The minimum absolute atomic E-state index is 0.00902. The first-order valence-electron chi connectivity index (χ1n) is 11.9. The van der Waals surface area contributed by atoms with E-state index in [2.05, 4.69) is 30.9 Å². The Morgan fingerprint density at radius 2 is 2.24 bits per heavy atom. The molecule has 1 aromatic carbocycles. The number of methoxy groups -OCH3 is 1. The molecule has 0 bridgehead atoms. The molecule has 1 saturated heterocycles. The van der Waals surface area contributed by atoms with Crippen LogP contribution in [0, 0.1) is 5.41 Å². The number of hydrogen-bond acceptors (Lipinski definition) is 8. The van der Waals surface area contributed by atoms with Crippen molar-refractivity contribution in [1.82, 2.24) is 35.6 Å². The lowest BCUT2D eigenvalue weighted by atomic mass is 10.00. The molecule has 2 amide bonds. The normalized spacial score (nSPS) is 22.8. The van der Waals surface area contributed by atoms with Crippen molar-refractivity contribution in [3.8, 4) is 17.1 Å². The number of para-hydroxylation sites is 1. The second-order valence-corrected chi connectivity index (χ2v) is 8.16. The van der Waals surface area contributed by atoms with Crippen LogP contribution in [0.25, 0.3) is 11.4 Å². The highest BCUT2D eigenvalue weighted by Gasteiger charge is 2.63. The molecule has 1 aliphatic carbocycles. The number of nitrogens with one attached hydrogen (secondary N) is 3. The highest BCUT2D eigenvalue weighted by atomic mass is 16.5. The van der Waals surface area contributed by atoms with Gasteiger partial charge >= 0.3 is 0 Å². The van der Waals surface area contributed by atoms with Crippen molar-refractivity contribution in [3.05, 3.63) is 42.0 Å². The maximum absolute atomic E-state index is 12.8. The minimum atomic E-state index is -2.71. The molecular weight excluding hydrogens is 424 g/mol. The summed E-state index contributed by atoms with van der Waals surface area (Å²) < 4.78 is 29.4. The fraction of sp³-hybridized carbons (Fsp3) is 0.364. The van der Waals surface area contributed by atoms with E-state index >= 15 is 0 Å². The molecule has 0 radical (unpaired) electrons. The largest absolute Gasteiger partial charge is 0.494 e. The molecule has 1 spiro atoms. The zero-order valence-corrected chi connectivity index (χ0v) is 18.0. The number of benzene rings is 1. The van der Waals surface area contributed by atoms with E-state index in [4.69, 9.17) is 8.85 Å². The van der Waals surface area contributed by atoms with Gasteiger partial charge in [-0.25, -0.2) is 4.98 Å². The zero-order chi connectivity index (χ0) is 25.7. The van der Waals surface area contributed by atoms with Crippen LogP contribution in [0.4, 0.5) is 11.4 Å². The first kappa shape index (κ1) is 17.5. The van der Waals surface area contributed by atoms with Gasteiger partial charge < -0.3 is 20.7 Å². The lowest BCUT2D eigenvalue weighted by molar-refractivity contribution is -0.123. The number of ether oxygens (including phenoxy) is 1. The number of nitrogens with zero attached hydrogens (tertiary/aromatic N) is 5. The van der Waals surface area contributed by atoms with Gasteiger partial charge in [-0.2, -0.15) is 10.2 Å². The van der Waals surface area contributed by atoms with E-state index in [9.17, 15) is 9.59 Å². The number of anilines is 2. The van der Waals surface area contributed by atoms with Crippen LogP contribution in [0.3, 0.4) is 0 Å². The van der Waals surface area contributed by atoms with E-state index in [1.807, 2.05) is 5.32 Å². The van der Waals surface area contributed by atoms with Crippen LogP contribution in [0.15, 0.2) is 30.6 Å². The predicted octanol–water partition coefficient (Wildman–Crippen LogP) is 1.38. The molecular formula is C22H24N8O3. The average Bonchev–Trinajstić information content (AvgIpc) is 3.21. The van der Waals surface area contributed by atoms with Crippen molar-refractivity contribution < 1.29 is 18.4 Å². The van der Waals surface area contributed by atoms with Gasteiger partial charge in [-0.05, 0) is 31.0 Å². The predicted molar refractivity (Wildman–Crippen MR) is 119 cm³/mol. The van der Waals surface area contributed by atoms with Gasteiger partial charge in [0.25, 0.3) is 5.91 Å². The van der Waals surface area contributed by atoms with Crippen LogP contribution in [0.5, 0.6) is 5.75 Å². The third-order valence-corrected chi connectivity index (χ3v) is 6.21. The molecule has 170 valence electrons. The summed E-state index contributed by atoms with van der Waals surface area (Å²) in [5.74, 6) is -0.201. The van der Waals surface area contributed by atoms with Gasteiger partial charge in [0.15, 0.2) is 17.3 Å². The summed E-state index contributed by atoms with van der Waals surface area (Å²) in [6.07, 6.45) is 2.91. The fourth-order valence-electron chi connectivity index (χ4n) is 4.45. The Morgan fingerprint density at radius 3 is 2.94 bits per heavy atom.